The van der Waals surface area contributed by atoms with Crippen molar-refractivity contribution in [2.24, 2.45) is 0 Å². The lowest BCUT2D eigenvalue weighted by molar-refractivity contribution is -0.121. The van der Waals surface area contributed by atoms with Gasteiger partial charge in [-0.1, -0.05) is 26.0 Å². The van der Waals surface area contributed by atoms with Crippen molar-refractivity contribution < 1.29 is 9.53 Å². The van der Waals surface area contributed by atoms with Crippen LogP contribution in [0.25, 0.3) is 0 Å². The van der Waals surface area contributed by atoms with Crippen molar-refractivity contribution in [1.82, 2.24) is 20.1 Å². The Balaban J connectivity index is 1.39. The van der Waals surface area contributed by atoms with Crippen LogP contribution in [0.15, 0.2) is 24.3 Å². The van der Waals surface area contributed by atoms with E-state index in [4.69, 9.17) is 4.74 Å². The molecule has 6 heteroatoms. The first-order valence-electron chi connectivity index (χ1n) is 8.54. The number of hydrogen-bond acceptors (Lipinski definition) is 4. The summed E-state index contributed by atoms with van der Waals surface area (Å²) in [6.45, 7) is 6.05. The molecule has 3 rings (SSSR count). The van der Waals surface area contributed by atoms with Gasteiger partial charge < -0.3 is 14.6 Å². The van der Waals surface area contributed by atoms with E-state index in [9.17, 15) is 4.79 Å². The van der Waals surface area contributed by atoms with E-state index in [0.717, 1.165) is 36.8 Å². The molecular weight excluding hydrogens is 304 g/mol. The van der Waals surface area contributed by atoms with Crippen molar-refractivity contribution in [2.75, 3.05) is 6.61 Å². The Hall–Kier alpha value is -2.37. The standard InChI is InChI=1S/C18H24N4O2/c1-13(2)14-5-7-15(8-6-14)24-11-9-18(23)19-12-17-21-20-16-4-3-10-22(16)17/h5-8,13H,3-4,9-12H2,1-2H3,(H,19,23). The van der Waals surface area contributed by atoms with E-state index < -0.39 is 0 Å². The van der Waals surface area contributed by atoms with Crippen molar-refractivity contribution in [3.8, 4) is 5.75 Å². The zero-order valence-electron chi connectivity index (χ0n) is 14.3. The fraction of sp³-hybridized carbons (Fsp3) is 0.500. The van der Waals surface area contributed by atoms with Crippen LogP contribution in [0.2, 0.25) is 0 Å². The minimum Gasteiger partial charge on any atom is -0.493 e. The Bertz CT molecular complexity index is 692. The Morgan fingerprint density at radius 2 is 2.08 bits per heavy atom. The molecule has 1 aromatic carbocycles. The second-order valence-corrected chi connectivity index (χ2v) is 6.39. The summed E-state index contributed by atoms with van der Waals surface area (Å²) in [6, 6.07) is 8.03. The number of hydrogen-bond donors (Lipinski definition) is 1. The van der Waals surface area contributed by atoms with E-state index >= 15 is 0 Å². The molecule has 1 aliphatic rings. The van der Waals surface area contributed by atoms with E-state index in [1.165, 1.54) is 5.56 Å². The average Bonchev–Trinajstić information content (AvgIpc) is 3.17. The number of benzene rings is 1. The quantitative estimate of drug-likeness (QED) is 0.847. The molecule has 6 nitrogen and oxygen atoms in total. The number of ether oxygens (including phenoxy) is 1. The van der Waals surface area contributed by atoms with E-state index in [0.29, 0.717) is 25.5 Å². The maximum Gasteiger partial charge on any atom is 0.223 e. The third-order valence-electron chi connectivity index (χ3n) is 4.27. The maximum absolute atomic E-state index is 11.9. The smallest absolute Gasteiger partial charge is 0.223 e. The molecule has 2 heterocycles. The predicted octanol–water partition coefficient (Wildman–Crippen LogP) is 2.43. The van der Waals surface area contributed by atoms with Crippen LogP contribution >= 0.6 is 0 Å². The van der Waals surface area contributed by atoms with Crippen LogP contribution in [0.5, 0.6) is 5.75 Å². The molecule has 1 aliphatic heterocycles. The van der Waals surface area contributed by atoms with Crippen molar-refractivity contribution in [1.29, 1.82) is 0 Å². The highest BCUT2D eigenvalue weighted by Crippen LogP contribution is 2.18. The lowest BCUT2D eigenvalue weighted by Crippen LogP contribution is -2.26. The highest BCUT2D eigenvalue weighted by molar-refractivity contribution is 5.75. The molecule has 0 spiro atoms. The van der Waals surface area contributed by atoms with Gasteiger partial charge in [0.25, 0.3) is 0 Å². The summed E-state index contributed by atoms with van der Waals surface area (Å²) < 4.78 is 7.72. The second-order valence-electron chi connectivity index (χ2n) is 6.39. The summed E-state index contributed by atoms with van der Waals surface area (Å²) in [5.74, 6) is 3.11. The molecule has 0 saturated heterocycles. The van der Waals surface area contributed by atoms with Gasteiger partial charge in [0.2, 0.25) is 5.91 Å². The van der Waals surface area contributed by atoms with E-state index in [2.05, 4.69) is 46.1 Å². The number of fused-ring (bicyclic) bond motifs is 1. The largest absolute Gasteiger partial charge is 0.493 e. The van der Waals surface area contributed by atoms with Crippen molar-refractivity contribution in [3.63, 3.8) is 0 Å². The van der Waals surface area contributed by atoms with Gasteiger partial charge in [-0.05, 0) is 30.0 Å². The van der Waals surface area contributed by atoms with Crippen LogP contribution in [0.4, 0.5) is 0 Å². The minimum atomic E-state index is -0.0378. The zero-order valence-corrected chi connectivity index (χ0v) is 14.3. The lowest BCUT2D eigenvalue weighted by atomic mass is 10.0. The summed E-state index contributed by atoms with van der Waals surface area (Å²) >= 11 is 0. The molecule has 24 heavy (non-hydrogen) atoms. The third-order valence-corrected chi connectivity index (χ3v) is 4.27. The molecule has 0 radical (unpaired) electrons. The first-order chi connectivity index (χ1) is 11.6. The topological polar surface area (TPSA) is 69.0 Å². The second kappa shape index (κ2) is 7.47. The van der Waals surface area contributed by atoms with Crippen molar-refractivity contribution >= 4 is 5.91 Å². The third kappa shape index (κ3) is 3.93. The molecule has 1 aromatic heterocycles. The van der Waals surface area contributed by atoms with Gasteiger partial charge in [-0.3, -0.25) is 4.79 Å². The number of carbonyl (C=O) groups is 1. The van der Waals surface area contributed by atoms with Gasteiger partial charge in [-0.2, -0.15) is 0 Å². The number of nitrogens with zero attached hydrogens (tertiary/aromatic N) is 3. The Morgan fingerprint density at radius 1 is 1.29 bits per heavy atom. The molecule has 1 amide bonds. The molecule has 0 unspecified atom stereocenters. The van der Waals surface area contributed by atoms with Crippen LogP contribution in [0, 0.1) is 0 Å². The summed E-state index contributed by atoms with van der Waals surface area (Å²) in [5.41, 5.74) is 1.28. The van der Waals surface area contributed by atoms with Crippen LogP contribution in [-0.2, 0) is 24.3 Å². The molecule has 0 atom stereocenters. The molecule has 1 N–H and O–H groups in total. The van der Waals surface area contributed by atoms with Crippen molar-refractivity contribution in [2.45, 2.75) is 52.1 Å². The average molecular weight is 328 g/mol. The summed E-state index contributed by atoms with van der Waals surface area (Å²) in [5, 5.41) is 11.1. The summed E-state index contributed by atoms with van der Waals surface area (Å²) in [6.07, 6.45) is 2.41. The zero-order chi connectivity index (χ0) is 16.9. The van der Waals surface area contributed by atoms with Gasteiger partial charge in [-0.25, -0.2) is 0 Å². The van der Waals surface area contributed by atoms with Gasteiger partial charge >= 0.3 is 0 Å². The SMILES string of the molecule is CC(C)c1ccc(OCCC(=O)NCc2nnc3n2CCC3)cc1. The molecule has 128 valence electrons. The highest BCUT2D eigenvalue weighted by atomic mass is 16.5. The molecule has 0 aliphatic carbocycles. The van der Waals surface area contributed by atoms with Gasteiger partial charge in [0.15, 0.2) is 5.82 Å². The summed E-state index contributed by atoms with van der Waals surface area (Å²) in [4.78, 5) is 11.9. The van der Waals surface area contributed by atoms with Crippen LogP contribution in [0.3, 0.4) is 0 Å². The molecular formula is C18H24N4O2. The number of rotatable bonds is 7. The van der Waals surface area contributed by atoms with Gasteiger partial charge in [-0.15, -0.1) is 10.2 Å². The number of amides is 1. The molecule has 0 saturated carbocycles. The number of nitrogens with one attached hydrogen (secondary N) is 1. The fourth-order valence-electron chi connectivity index (χ4n) is 2.82. The van der Waals surface area contributed by atoms with E-state index in [-0.39, 0.29) is 5.91 Å². The van der Waals surface area contributed by atoms with Gasteiger partial charge in [0, 0.05) is 13.0 Å². The van der Waals surface area contributed by atoms with Crippen molar-refractivity contribution in [3.05, 3.63) is 41.5 Å². The first kappa shape index (κ1) is 16.5. The maximum atomic E-state index is 11.9. The monoisotopic (exact) mass is 328 g/mol. The first-order valence-corrected chi connectivity index (χ1v) is 8.54. The van der Waals surface area contributed by atoms with Crippen LogP contribution in [-0.4, -0.2) is 27.3 Å². The number of aryl methyl sites for hydroxylation is 1. The van der Waals surface area contributed by atoms with Gasteiger partial charge in [0.1, 0.15) is 11.6 Å². The Morgan fingerprint density at radius 3 is 2.83 bits per heavy atom. The highest BCUT2D eigenvalue weighted by Gasteiger charge is 2.17. The number of aromatic nitrogens is 3. The molecule has 2 aromatic rings. The van der Waals surface area contributed by atoms with E-state index in [1.54, 1.807) is 0 Å². The minimum absolute atomic E-state index is 0.0378. The van der Waals surface area contributed by atoms with Crippen LogP contribution < -0.4 is 10.1 Å². The van der Waals surface area contributed by atoms with Gasteiger partial charge in [0.05, 0.1) is 19.6 Å². The Labute approximate surface area is 142 Å². The molecule has 0 fully saturated rings. The fourth-order valence-corrected chi connectivity index (χ4v) is 2.82. The van der Waals surface area contributed by atoms with E-state index in [1.807, 2.05) is 12.1 Å². The lowest BCUT2D eigenvalue weighted by Gasteiger charge is -2.09. The van der Waals surface area contributed by atoms with Crippen LogP contribution in [0.1, 0.15) is 49.8 Å². The number of carbonyl (C=O) groups excluding carboxylic acids is 1. The predicted molar refractivity (Wildman–Crippen MR) is 90.8 cm³/mol. The Kier molecular flexibility index (Phi) is 5.13. The molecule has 0 bridgehead atoms. The normalized spacial score (nSPS) is 13.1. The summed E-state index contributed by atoms with van der Waals surface area (Å²) in [7, 11) is 0.